The van der Waals surface area contributed by atoms with Gasteiger partial charge in [0.15, 0.2) is 0 Å². The molecule has 0 saturated heterocycles. The number of anilines is 1. The van der Waals surface area contributed by atoms with Gasteiger partial charge >= 0.3 is 5.82 Å². The molecule has 0 unspecified atom stereocenters. The van der Waals surface area contributed by atoms with Crippen molar-refractivity contribution >= 4 is 11.5 Å². The summed E-state index contributed by atoms with van der Waals surface area (Å²) in [5.74, 6) is 1.37. The van der Waals surface area contributed by atoms with Crippen molar-refractivity contribution in [3.8, 4) is 0 Å². The Hall–Kier alpha value is -1.65. The summed E-state index contributed by atoms with van der Waals surface area (Å²) >= 11 is 0. The van der Waals surface area contributed by atoms with E-state index in [9.17, 15) is 10.1 Å². The first-order valence-corrected chi connectivity index (χ1v) is 6.50. The first-order valence-electron chi connectivity index (χ1n) is 6.50. The third kappa shape index (κ3) is 3.18. The monoisotopic (exact) mass is 249 g/mol. The second-order valence-corrected chi connectivity index (χ2v) is 5.14. The molecule has 1 aliphatic rings. The molecular formula is C13H19N3O2. The van der Waals surface area contributed by atoms with Crippen LogP contribution in [0.3, 0.4) is 0 Å². The SMILES string of the molecule is CC1CCC(CNc2cccnc2[N+](=O)[O-])CC1. The molecule has 0 aromatic carbocycles. The third-order valence-corrected chi connectivity index (χ3v) is 3.68. The Balaban J connectivity index is 1.92. The zero-order valence-electron chi connectivity index (χ0n) is 10.6. The van der Waals surface area contributed by atoms with Crippen LogP contribution in [0.5, 0.6) is 0 Å². The summed E-state index contributed by atoms with van der Waals surface area (Å²) in [6.07, 6.45) is 6.40. The predicted octanol–water partition coefficient (Wildman–Crippen LogP) is 3.23. The molecule has 0 aliphatic heterocycles. The minimum absolute atomic E-state index is 0.0818. The fraction of sp³-hybridized carbons (Fsp3) is 0.615. The van der Waals surface area contributed by atoms with Gasteiger partial charge < -0.3 is 15.4 Å². The van der Waals surface area contributed by atoms with E-state index in [-0.39, 0.29) is 5.82 Å². The summed E-state index contributed by atoms with van der Waals surface area (Å²) in [4.78, 5) is 14.2. The Morgan fingerprint density at radius 1 is 1.44 bits per heavy atom. The number of hydrogen-bond donors (Lipinski definition) is 1. The van der Waals surface area contributed by atoms with E-state index in [4.69, 9.17) is 0 Å². The van der Waals surface area contributed by atoms with Crippen LogP contribution in [0, 0.1) is 22.0 Å². The summed E-state index contributed by atoms with van der Waals surface area (Å²) in [5, 5.41) is 14.0. The molecule has 2 rings (SSSR count). The number of nitro groups is 1. The maximum absolute atomic E-state index is 10.8. The van der Waals surface area contributed by atoms with Gasteiger partial charge in [0.2, 0.25) is 0 Å². The third-order valence-electron chi connectivity index (χ3n) is 3.68. The summed E-state index contributed by atoms with van der Waals surface area (Å²) in [6, 6.07) is 3.44. The molecule has 98 valence electrons. The standard InChI is InChI=1S/C13H19N3O2/c1-10-4-6-11(7-5-10)9-15-12-3-2-8-14-13(12)16(17)18/h2-3,8,10-11,15H,4-7,9H2,1H3. The lowest BCUT2D eigenvalue weighted by atomic mass is 9.83. The van der Waals surface area contributed by atoms with Crippen LogP contribution in [0.4, 0.5) is 11.5 Å². The van der Waals surface area contributed by atoms with E-state index in [1.807, 2.05) is 0 Å². The minimum atomic E-state index is -0.439. The summed E-state index contributed by atoms with van der Waals surface area (Å²) < 4.78 is 0. The summed E-state index contributed by atoms with van der Waals surface area (Å²) in [7, 11) is 0. The molecule has 0 atom stereocenters. The number of nitrogens with one attached hydrogen (secondary N) is 1. The number of nitrogens with zero attached hydrogens (tertiary/aromatic N) is 2. The summed E-state index contributed by atoms with van der Waals surface area (Å²) in [6.45, 7) is 3.09. The van der Waals surface area contributed by atoms with Crippen LogP contribution in [-0.2, 0) is 0 Å². The van der Waals surface area contributed by atoms with Gasteiger partial charge in [-0.15, -0.1) is 0 Å². The Morgan fingerprint density at radius 2 is 2.17 bits per heavy atom. The topological polar surface area (TPSA) is 68.1 Å². The first-order chi connectivity index (χ1) is 8.66. The molecule has 0 bridgehead atoms. The molecule has 0 spiro atoms. The molecule has 1 heterocycles. The summed E-state index contributed by atoms with van der Waals surface area (Å²) in [5.41, 5.74) is 0.529. The Kier molecular flexibility index (Phi) is 4.12. The van der Waals surface area contributed by atoms with Crippen molar-refractivity contribution in [1.29, 1.82) is 0 Å². The van der Waals surface area contributed by atoms with Crippen LogP contribution in [0.25, 0.3) is 0 Å². The van der Waals surface area contributed by atoms with Gasteiger partial charge in [-0.25, -0.2) is 0 Å². The van der Waals surface area contributed by atoms with Crippen molar-refractivity contribution in [3.63, 3.8) is 0 Å². The van der Waals surface area contributed by atoms with Crippen molar-refractivity contribution in [1.82, 2.24) is 4.98 Å². The molecule has 1 saturated carbocycles. The maximum Gasteiger partial charge on any atom is 0.386 e. The Bertz CT molecular complexity index is 414. The van der Waals surface area contributed by atoms with E-state index < -0.39 is 4.92 Å². The predicted molar refractivity (Wildman–Crippen MR) is 70.5 cm³/mol. The average Bonchev–Trinajstić information content (AvgIpc) is 2.38. The smallest absolute Gasteiger partial charge is 0.378 e. The lowest BCUT2D eigenvalue weighted by Crippen LogP contribution is -2.20. The highest BCUT2D eigenvalue weighted by Crippen LogP contribution is 2.29. The molecule has 0 radical (unpaired) electrons. The molecule has 1 aliphatic carbocycles. The molecule has 1 fully saturated rings. The van der Waals surface area contributed by atoms with Crippen LogP contribution in [0.2, 0.25) is 0 Å². The largest absolute Gasteiger partial charge is 0.386 e. The number of hydrogen-bond acceptors (Lipinski definition) is 4. The van der Waals surface area contributed by atoms with Gasteiger partial charge in [-0.3, -0.25) is 0 Å². The highest BCUT2D eigenvalue weighted by Gasteiger charge is 2.19. The molecule has 1 aromatic heterocycles. The molecule has 5 nitrogen and oxygen atoms in total. The highest BCUT2D eigenvalue weighted by atomic mass is 16.6. The van der Waals surface area contributed by atoms with Crippen molar-refractivity contribution in [2.24, 2.45) is 11.8 Å². The van der Waals surface area contributed by atoms with Gasteiger partial charge in [0.1, 0.15) is 11.9 Å². The average molecular weight is 249 g/mol. The van der Waals surface area contributed by atoms with E-state index in [0.29, 0.717) is 11.6 Å². The van der Waals surface area contributed by atoms with Crippen LogP contribution in [-0.4, -0.2) is 16.5 Å². The lowest BCUT2D eigenvalue weighted by Gasteiger charge is -2.26. The van der Waals surface area contributed by atoms with Gasteiger partial charge in [-0.1, -0.05) is 19.8 Å². The zero-order valence-corrected chi connectivity index (χ0v) is 10.6. The van der Waals surface area contributed by atoms with Crippen molar-refractivity contribution < 1.29 is 4.92 Å². The van der Waals surface area contributed by atoms with E-state index in [1.54, 1.807) is 12.1 Å². The zero-order chi connectivity index (χ0) is 13.0. The second kappa shape index (κ2) is 5.80. The van der Waals surface area contributed by atoms with Crippen molar-refractivity contribution in [2.45, 2.75) is 32.6 Å². The molecule has 1 aromatic rings. The Morgan fingerprint density at radius 3 is 2.83 bits per heavy atom. The van der Waals surface area contributed by atoms with E-state index in [0.717, 1.165) is 12.5 Å². The van der Waals surface area contributed by atoms with Crippen LogP contribution in [0.1, 0.15) is 32.6 Å². The number of aromatic nitrogens is 1. The van der Waals surface area contributed by atoms with Crippen molar-refractivity contribution in [3.05, 3.63) is 28.4 Å². The van der Waals surface area contributed by atoms with E-state index in [2.05, 4.69) is 17.2 Å². The molecular weight excluding hydrogens is 230 g/mol. The number of pyridine rings is 1. The van der Waals surface area contributed by atoms with Crippen LogP contribution < -0.4 is 5.32 Å². The molecule has 1 N–H and O–H groups in total. The van der Waals surface area contributed by atoms with Crippen LogP contribution in [0.15, 0.2) is 18.3 Å². The van der Waals surface area contributed by atoms with Gasteiger partial charge in [0.05, 0.1) is 0 Å². The normalized spacial score (nSPS) is 23.6. The van der Waals surface area contributed by atoms with E-state index >= 15 is 0 Å². The van der Waals surface area contributed by atoms with E-state index in [1.165, 1.54) is 31.9 Å². The second-order valence-electron chi connectivity index (χ2n) is 5.14. The van der Waals surface area contributed by atoms with Gasteiger partial charge in [-0.2, -0.15) is 0 Å². The van der Waals surface area contributed by atoms with Crippen LogP contribution >= 0.6 is 0 Å². The van der Waals surface area contributed by atoms with Crippen molar-refractivity contribution in [2.75, 3.05) is 11.9 Å². The highest BCUT2D eigenvalue weighted by molar-refractivity contribution is 5.56. The Labute approximate surface area is 107 Å². The van der Waals surface area contributed by atoms with Gasteiger partial charge in [0.25, 0.3) is 0 Å². The molecule has 18 heavy (non-hydrogen) atoms. The van der Waals surface area contributed by atoms with Gasteiger partial charge in [0, 0.05) is 6.54 Å². The fourth-order valence-corrected chi connectivity index (χ4v) is 2.47. The minimum Gasteiger partial charge on any atom is -0.378 e. The first kappa shape index (κ1) is 12.8. The number of rotatable bonds is 4. The molecule has 5 heteroatoms. The lowest BCUT2D eigenvalue weighted by molar-refractivity contribution is -0.388. The van der Waals surface area contributed by atoms with Gasteiger partial charge in [-0.05, 0) is 46.7 Å². The fourth-order valence-electron chi connectivity index (χ4n) is 2.47. The maximum atomic E-state index is 10.8. The molecule has 0 amide bonds. The quantitative estimate of drug-likeness (QED) is 0.657.